The first-order chi connectivity index (χ1) is 8.45. The summed E-state index contributed by atoms with van der Waals surface area (Å²) in [6, 6.07) is 1.87. The lowest BCUT2D eigenvalue weighted by Gasteiger charge is -2.28. The van der Waals surface area contributed by atoms with Gasteiger partial charge in [-0.1, -0.05) is 20.8 Å². The molecule has 7 heteroatoms. The molecule has 19 heavy (non-hydrogen) atoms. The molecule has 0 aliphatic rings. The Bertz CT molecular complexity index is 582. The summed E-state index contributed by atoms with van der Waals surface area (Å²) in [7, 11) is -3.76. The van der Waals surface area contributed by atoms with Crippen molar-refractivity contribution in [3.63, 3.8) is 0 Å². The Balaban J connectivity index is 3.19. The monoisotopic (exact) mass is 352 g/mol. The van der Waals surface area contributed by atoms with Crippen molar-refractivity contribution in [2.75, 3.05) is 5.73 Å². The maximum absolute atomic E-state index is 13.2. The highest BCUT2D eigenvalue weighted by Gasteiger charge is 2.27. The van der Waals surface area contributed by atoms with E-state index in [4.69, 9.17) is 5.73 Å². The number of nitrogens with one attached hydrogen (secondary N) is 1. The second kappa shape index (κ2) is 5.38. The molecule has 0 saturated heterocycles. The predicted molar refractivity (Wildman–Crippen MR) is 77.8 cm³/mol. The Morgan fingerprint density at radius 3 is 2.37 bits per heavy atom. The van der Waals surface area contributed by atoms with Crippen LogP contribution in [0.25, 0.3) is 0 Å². The zero-order valence-electron chi connectivity index (χ0n) is 11.3. The fourth-order valence-corrected chi connectivity index (χ4v) is 3.72. The topological polar surface area (TPSA) is 72.2 Å². The lowest BCUT2D eigenvalue weighted by atomic mass is 9.89. The van der Waals surface area contributed by atoms with Crippen molar-refractivity contribution in [1.82, 2.24) is 4.72 Å². The summed E-state index contributed by atoms with van der Waals surface area (Å²) in [6.07, 6.45) is 0. The van der Waals surface area contributed by atoms with Crippen LogP contribution in [0.1, 0.15) is 27.7 Å². The Morgan fingerprint density at radius 1 is 1.37 bits per heavy atom. The van der Waals surface area contributed by atoms with E-state index < -0.39 is 15.8 Å². The van der Waals surface area contributed by atoms with Crippen LogP contribution in [0, 0.1) is 11.2 Å². The summed E-state index contributed by atoms with van der Waals surface area (Å²) in [6.45, 7) is 7.55. The third-order valence-corrected chi connectivity index (χ3v) is 5.47. The molecule has 1 atom stereocenters. The fourth-order valence-electron chi connectivity index (χ4n) is 1.22. The van der Waals surface area contributed by atoms with Crippen LogP contribution in [-0.2, 0) is 10.0 Å². The van der Waals surface area contributed by atoms with Crippen molar-refractivity contribution in [1.29, 1.82) is 0 Å². The SMILES string of the molecule is CC(NS(=O)(=O)c1cc(N)c(F)cc1Br)C(C)(C)C. The number of halogens is 2. The van der Waals surface area contributed by atoms with Gasteiger partial charge in [0.15, 0.2) is 0 Å². The Kier molecular flexibility index (Phi) is 4.64. The van der Waals surface area contributed by atoms with Gasteiger partial charge >= 0.3 is 0 Å². The van der Waals surface area contributed by atoms with Crippen molar-refractivity contribution in [3.8, 4) is 0 Å². The van der Waals surface area contributed by atoms with Crippen molar-refractivity contribution < 1.29 is 12.8 Å². The van der Waals surface area contributed by atoms with Crippen molar-refractivity contribution in [2.24, 2.45) is 5.41 Å². The number of anilines is 1. The lowest BCUT2D eigenvalue weighted by molar-refractivity contribution is 0.317. The van der Waals surface area contributed by atoms with E-state index in [1.165, 1.54) is 0 Å². The highest BCUT2D eigenvalue weighted by molar-refractivity contribution is 9.10. The quantitative estimate of drug-likeness (QED) is 0.821. The van der Waals surface area contributed by atoms with Crippen LogP contribution >= 0.6 is 15.9 Å². The van der Waals surface area contributed by atoms with Crippen LogP contribution in [0.4, 0.5) is 10.1 Å². The summed E-state index contributed by atoms with van der Waals surface area (Å²) in [4.78, 5) is -0.0671. The molecule has 1 aromatic carbocycles. The van der Waals surface area contributed by atoms with E-state index >= 15 is 0 Å². The molecule has 4 nitrogen and oxygen atoms in total. The average molecular weight is 353 g/mol. The molecule has 1 unspecified atom stereocenters. The number of rotatable bonds is 3. The van der Waals surface area contributed by atoms with Crippen molar-refractivity contribution >= 4 is 31.6 Å². The second-order valence-electron chi connectivity index (χ2n) is 5.51. The van der Waals surface area contributed by atoms with Gasteiger partial charge in [-0.05, 0) is 40.4 Å². The van der Waals surface area contributed by atoms with Gasteiger partial charge in [0.25, 0.3) is 0 Å². The van der Waals surface area contributed by atoms with E-state index in [0.717, 1.165) is 12.1 Å². The second-order valence-corrected chi connectivity index (χ2v) is 8.05. The fraction of sp³-hybridized carbons (Fsp3) is 0.500. The molecule has 0 heterocycles. The summed E-state index contributed by atoms with van der Waals surface area (Å²) in [5, 5.41) is 0. The van der Waals surface area contributed by atoms with E-state index in [1.807, 2.05) is 20.8 Å². The number of nitrogen functional groups attached to an aromatic ring is 1. The Hall–Kier alpha value is -0.660. The summed E-state index contributed by atoms with van der Waals surface area (Å²) < 4.78 is 40.4. The van der Waals surface area contributed by atoms with Gasteiger partial charge in [-0.3, -0.25) is 0 Å². The molecule has 0 aliphatic carbocycles. The van der Waals surface area contributed by atoms with E-state index in [2.05, 4.69) is 20.7 Å². The van der Waals surface area contributed by atoms with E-state index in [0.29, 0.717) is 0 Å². The third kappa shape index (κ3) is 3.90. The van der Waals surface area contributed by atoms with Gasteiger partial charge in [-0.15, -0.1) is 0 Å². The number of hydrogen-bond acceptors (Lipinski definition) is 3. The molecule has 0 bridgehead atoms. The van der Waals surface area contributed by atoms with Gasteiger partial charge in [0.1, 0.15) is 5.82 Å². The third-order valence-electron chi connectivity index (χ3n) is 2.97. The zero-order valence-corrected chi connectivity index (χ0v) is 13.7. The molecule has 1 rings (SSSR count). The van der Waals surface area contributed by atoms with E-state index in [9.17, 15) is 12.8 Å². The van der Waals surface area contributed by atoms with E-state index in [1.54, 1.807) is 6.92 Å². The standard InChI is InChI=1S/C12H18BrFN2O2S/c1-7(12(2,3)4)16-19(17,18)11-6-10(15)9(14)5-8(11)13/h5-7,16H,15H2,1-4H3. The Morgan fingerprint density at radius 2 is 1.89 bits per heavy atom. The van der Waals surface area contributed by atoms with Crippen LogP contribution in [0.15, 0.2) is 21.5 Å². The first kappa shape index (κ1) is 16.4. The van der Waals surface area contributed by atoms with Crippen LogP contribution in [0.3, 0.4) is 0 Å². The number of hydrogen-bond donors (Lipinski definition) is 2. The van der Waals surface area contributed by atoms with Gasteiger partial charge in [0, 0.05) is 10.5 Å². The minimum Gasteiger partial charge on any atom is -0.396 e. The Labute approximate surface area is 121 Å². The normalized spacial score (nSPS) is 14.4. The summed E-state index contributed by atoms with van der Waals surface area (Å²) >= 11 is 3.04. The molecular weight excluding hydrogens is 335 g/mol. The van der Waals surface area contributed by atoms with Crippen LogP contribution in [0.2, 0.25) is 0 Å². The highest BCUT2D eigenvalue weighted by atomic mass is 79.9. The van der Waals surface area contributed by atoms with Crippen LogP contribution < -0.4 is 10.5 Å². The highest BCUT2D eigenvalue weighted by Crippen LogP contribution is 2.28. The number of benzene rings is 1. The molecule has 0 radical (unpaired) electrons. The largest absolute Gasteiger partial charge is 0.396 e. The summed E-state index contributed by atoms with van der Waals surface area (Å²) in [5.74, 6) is -0.658. The minimum absolute atomic E-state index is 0.0671. The average Bonchev–Trinajstić information content (AvgIpc) is 2.21. The number of sulfonamides is 1. The molecular formula is C12H18BrFN2O2S. The van der Waals surface area contributed by atoms with E-state index in [-0.39, 0.29) is 26.5 Å². The molecule has 3 N–H and O–H groups in total. The molecule has 108 valence electrons. The van der Waals surface area contributed by atoms with Crippen LogP contribution in [-0.4, -0.2) is 14.5 Å². The molecule has 0 amide bonds. The molecule has 0 fully saturated rings. The van der Waals surface area contributed by atoms with Crippen molar-refractivity contribution in [3.05, 3.63) is 22.4 Å². The van der Waals surface area contributed by atoms with Crippen molar-refractivity contribution in [2.45, 2.75) is 38.6 Å². The first-order valence-electron chi connectivity index (χ1n) is 5.72. The maximum atomic E-state index is 13.2. The molecule has 0 saturated carbocycles. The van der Waals surface area contributed by atoms with Gasteiger partial charge in [0.05, 0.1) is 10.6 Å². The van der Waals surface area contributed by atoms with Gasteiger partial charge in [-0.2, -0.15) is 0 Å². The molecule has 1 aromatic rings. The first-order valence-corrected chi connectivity index (χ1v) is 7.99. The van der Waals surface area contributed by atoms with Gasteiger partial charge in [0.2, 0.25) is 10.0 Å². The lowest BCUT2D eigenvalue weighted by Crippen LogP contribution is -2.41. The van der Waals surface area contributed by atoms with Gasteiger partial charge < -0.3 is 5.73 Å². The number of nitrogens with two attached hydrogens (primary N) is 1. The molecule has 0 spiro atoms. The molecule has 0 aromatic heterocycles. The van der Waals surface area contributed by atoms with Gasteiger partial charge in [-0.25, -0.2) is 17.5 Å². The zero-order chi connectivity index (χ0) is 15.0. The molecule has 0 aliphatic heterocycles. The smallest absolute Gasteiger partial charge is 0.242 e. The maximum Gasteiger partial charge on any atom is 0.242 e. The van der Waals surface area contributed by atoms with Crippen LogP contribution in [0.5, 0.6) is 0 Å². The summed E-state index contributed by atoms with van der Waals surface area (Å²) in [5.41, 5.74) is 4.98. The minimum atomic E-state index is -3.76. The predicted octanol–water partition coefficient (Wildman–Crippen LogP) is 2.88.